The van der Waals surface area contributed by atoms with Gasteiger partial charge in [-0.05, 0) is 24.0 Å². The summed E-state index contributed by atoms with van der Waals surface area (Å²) in [5.74, 6) is 1.07. The Hall–Kier alpha value is -1.13. The molecule has 2 rings (SSSR count). The van der Waals surface area contributed by atoms with Crippen LogP contribution in [0.3, 0.4) is 0 Å². The number of anilines is 1. The largest absolute Gasteiger partial charge is 0.393 e. The molecule has 1 fully saturated rings. The zero-order chi connectivity index (χ0) is 14.6. The summed E-state index contributed by atoms with van der Waals surface area (Å²) >= 11 is 0. The fraction of sp³-hybridized carbons (Fsp3) is 0.688. The second-order valence-electron chi connectivity index (χ2n) is 6.69. The van der Waals surface area contributed by atoms with Crippen LogP contribution < -0.4 is 4.90 Å². The van der Waals surface area contributed by atoms with Crippen LogP contribution in [-0.2, 0) is 0 Å². The molecule has 0 bridgehead atoms. The van der Waals surface area contributed by atoms with Crippen molar-refractivity contribution < 1.29 is 5.11 Å². The SMILES string of the molecule is CC(C)(C)C(O)CCN1CCN(c2ccccn2)CC1. The van der Waals surface area contributed by atoms with E-state index in [2.05, 4.69) is 41.6 Å². The van der Waals surface area contributed by atoms with Crippen LogP contribution in [0.25, 0.3) is 0 Å². The Morgan fingerprint density at radius 2 is 1.90 bits per heavy atom. The van der Waals surface area contributed by atoms with Gasteiger partial charge in [0, 0.05) is 38.9 Å². The first-order chi connectivity index (χ1) is 9.47. The number of nitrogens with zero attached hydrogens (tertiary/aromatic N) is 3. The lowest BCUT2D eigenvalue weighted by Gasteiger charge is -2.36. The lowest BCUT2D eigenvalue weighted by molar-refractivity contribution is 0.0450. The van der Waals surface area contributed by atoms with E-state index < -0.39 is 0 Å². The molecule has 0 spiro atoms. The van der Waals surface area contributed by atoms with Crippen LogP contribution in [0, 0.1) is 5.41 Å². The predicted molar refractivity (Wildman–Crippen MR) is 83.0 cm³/mol. The molecular weight excluding hydrogens is 250 g/mol. The lowest BCUT2D eigenvalue weighted by atomic mass is 9.87. The molecule has 1 saturated heterocycles. The van der Waals surface area contributed by atoms with Gasteiger partial charge < -0.3 is 10.0 Å². The maximum Gasteiger partial charge on any atom is 0.128 e. The number of aromatic nitrogens is 1. The van der Waals surface area contributed by atoms with Crippen molar-refractivity contribution >= 4 is 5.82 Å². The molecule has 0 aliphatic carbocycles. The van der Waals surface area contributed by atoms with Crippen LogP contribution in [0.15, 0.2) is 24.4 Å². The highest BCUT2D eigenvalue weighted by Gasteiger charge is 2.24. The first-order valence-electron chi connectivity index (χ1n) is 7.53. The van der Waals surface area contributed by atoms with Crippen LogP contribution in [0.2, 0.25) is 0 Å². The van der Waals surface area contributed by atoms with Gasteiger partial charge in [-0.3, -0.25) is 4.90 Å². The molecule has 1 N–H and O–H groups in total. The van der Waals surface area contributed by atoms with E-state index in [9.17, 15) is 5.11 Å². The second kappa shape index (κ2) is 6.55. The number of hydrogen-bond acceptors (Lipinski definition) is 4. The highest BCUT2D eigenvalue weighted by atomic mass is 16.3. The van der Waals surface area contributed by atoms with E-state index in [1.807, 2.05) is 18.3 Å². The highest BCUT2D eigenvalue weighted by Crippen LogP contribution is 2.22. The molecule has 112 valence electrons. The summed E-state index contributed by atoms with van der Waals surface area (Å²) in [6.45, 7) is 11.4. The maximum atomic E-state index is 10.1. The fourth-order valence-electron chi connectivity index (χ4n) is 2.48. The van der Waals surface area contributed by atoms with Crippen molar-refractivity contribution in [2.45, 2.75) is 33.3 Å². The van der Waals surface area contributed by atoms with Crippen LogP contribution in [0.4, 0.5) is 5.82 Å². The van der Waals surface area contributed by atoms with Gasteiger partial charge in [-0.1, -0.05) is 26.8 Å². The van der Waals surface area contributed by atoms with Crippen molar-refractivity contribution in [2.75, 3.05) is 37.6 Å². The Kier molecular flexibility index (Phi) is 5.00. The van der Waals surface area contributed by atoms with Crippen molar-refractivity contribution in [1.82, 2.24) is 9.88 Å². The summed E-state index contributed by atoms with van der Waals surface area (Å²) in [5, 5.41) is 10.1. The van der Waals surface area contributed by atoms with Crippen molar-refractivity contribution in [2.24, 2.45) is 5.41 Å². The molecule has 1 aliphatic rings. The number of aliphatic hydroxyl groups is 1. The van der Waals surface area contributed by atoms with Crippen molar-refractivity contribution in [3.05, 3.63) is 24.4 Å². The highest BCUT2D eigenvalue weighted by molar-refractivity contribution is 5.38. The Morgan fingerprint density at radius 3 is 2.45 bits per heavy atom. The third-order valence-corrected chi connectivity index (χ3v) is 4.06. The summed E-state index contributed by atoms with van der Waals surface area (Å²) in [6.07, 6.45) is 2.48. The van der Waals surface area contributed by atoms with Gasteiger partial charge in [-0.25, -0.2) is 4.98 Å². The van der Waals surface area contributed by atoms with Crippen LogP contribution in [-0.4, -0.2) is 53.8 Å². The zero-order valence-electron chi connectivity index (χ0n) is 12.9. The van der Waals surface area contributed by atoms with E-state index in [0.717, 1.165) is 45.0 Å². The Balaban J connectivity index is 1.75. The number of rotatable bonds is 4. The van der Waals surface area contributed by atoms with Gasteiger partial charge in [0.15, 0.2) is 0 Å². The molecular formula is C16H27N3O. The zero-order valence-corrected chi connectivity index (χ0v) is 12.9. The predicted octanol–water partition coefficient (Wildman–Crippen LogP) is 2.00. The Morgan fingerprint density at radius 1 is 1.20 bits per heavy atom. The molecule has 0 aromatic carbocycles. The van der Waals surface area contributed by atoms with Gasteiger partial charge in [-0.2, -0.15) is 0 Å². The molecule has 0 amide bonds. The quantitative estimate of drug-likeness (QED) is 0.914. The molecule has 1 unspecified atom stereocenters. The maximum absolute atomic E-state index is 10.1. The molecule has 0 radical (unpaired) electrons. The van der Waals surface area contributed by atoms with Crippen LogP contribution in [0.5, 0.6) is 0 Å². The second-order valence-corrected chi connectivity index (χ2v) is 6.69. The number of piperazine rings is 1. The summed E-state index contributed by atoms with van der Waals surface area (Å²) < 4.78 is 0. The smallest absolute Gasteiger partial charge is 0.128 e. The molecule has 2 heterocycles. The topological polar surface area (TPSA) is 39.6 Å². The van der Waals surface area contributed by atoms with Crippen molar-refractivity contribution in [1.29, 1.82) is 0 Å². The average molecular weight is 277 g/mol. The number of pyridine rings is 1. The van der Waals surface area contributed by atoms with E-state index in [1.54, 1.807) is 0 Å². The van der Waals surface area contributed by atoms with Crippen molar-refractivity contribution in [3.8, 4) is 0 Å². The summed E-state index contributed by atoms with van der Waals surface area (Å²) in [5.41, 5.74) is -0.0181. The lowest BCUT2D eigenvalue weighted by Crippen LogP contribution is -2.47. The molecule has 1 aromatic heterocycles. The third kappa shape index (κ3) is 4.18. The van der Waals surface area contributed by atoms with Gasteiger partial charge in [0.2, 0.25) is 0 Å². The van der Waals surface area contributed by atoms with E-state index in [-0.39, 0.29) is 11.5 Å². The average Bonchev–Trinajstić information content (AvgIpc) is 2.45. The molecule has 20 heavy (non-hydrogen) atoms. The van der Waals surface area contributed by atoms with Gasteiger partial charge >= 0.3 is 0 Å². The van der Waals surface area contributed by atoms with Crippen molar-refractivity contribution in [3.63, 3.8) is 0 Å². The van der Waals surface area contributed by atoms with Gasteiger partial charge in [0.1, 0.15) is 5.82 Å². The molecule has 4 heteroatoms. The summed E-state index contributed by atoms with van der Waals surface area (Å²) in [7, 11) is 0. The minimum absolute atomic E-state index is 0.0181. The normalized spacial score (nSPS) is 19.1. The molecule has 1 atom stereocenters. The first kappa shape index (κ1) is 15.3. The standard InChI is InChI=1S/C16H27N3O/c1-16(2,3)14(20)7-9-18-10-12-19(13-11-18)15-6-4-5-8-17-15/h4-6,8,14,20H,7,9-13H2,1-3H3. The number of hydrogen-bond donors (Lipinski definition) is 1. The van der Waals surface area contributed by atoms with Crippen LogP contribution in [0.1, 0.15) is 27.2 Å². The molecule has 1 aromatic rings. The number of aliphatic hydroxyl groups excluding tert-OH is 1. The van der Waals surface area contributed by atoms with E-state index in [0.29, 0.717) is 0 Å². The Bertz CT molecular complexity index is 394. The van der Waals surface area contributed by atoms with E-state index >= 15 is 0 Å². The third-order valence-electron chi connectivity index (χ3n) is 4.06. The molecule has 0 saturated carbocycles. The monoisotopic (exact) mass is 277 g/mol. The molecule has 1 aliphatic heterocycles. The van der Waals surface area contributed by atoms with Gasteiger partial charge in [-0.15, -0.1) is 0 Å². The minimum Gasteiger partial charge on any atom is -0.393 e. The van der Waals surface area contributed by atoms with Gasteiger partial charge in [0.05, 0.1) is 6.10 Å². The minimum atomic E-state index is -0.226. The van der Waals surface area contributed by atoms with Gasteiger partial charge in [0.25, 0.3) is 0 Å². The van der Waals surface area contributed by atoms with Crippen LogP contribution >= 0.6 is 0 Å². The van der Waals surface area contributed by atoms with E-state index in [1.165, 1.54) is 0 Å². The Labute approximate surface area is 122 Å². The summed E-state index contributed by atoms with van der Waals surface area (Å²) in [4.78, 5) is 9.17. The molecule has 4 nitrogen and oxygen atoms in total. The first-order valence-corrected chi connectivity index (χ1v) is 7.53. The fourth-order valence-corrected chi connectivity index (χ4v) is 2.48. The van der Waals surface area contributed by atoms with E-state index in [4.69, 9.17) is 0 Å². The summed E-state index contributed by atoms with van der Waals surface area (Å²) in [6, 6.07) is 6.06.